The Hall–Kier alpha value is -1.84. The number of fused-ring (bicyclic) bond motifs is 2. The second-order valence-corrected chi connectivity index (χ2v) is 10.2. The summed E-state index contributed by atoms with van der Waals surface area (Å²) in [6, 6.07) is 31.3. The molecule has 0 N–H and O–H groups in total. The molecule has 0 spiro atoms. The van der Waals surface area contributed by atoms with Crippen LogP contribution in [0.15, 0.2) is 84.9 Å². The summed E-state index contributed by atoms with van der Waals surface area (Å²) in [6.45, 7) is 0.764. The van der Waals surface area contributed by atoms with Crippen molar-refractivity contribution in [3.8, 4) is 0 Å². The van der Waals surface area contributed by atoms with E-state index in [0.29, 0.717) is 17.9 Å². The van der Waals surface area contributed by atoms with Crippen LogP contribution in [0.5, 0.6) is 0 Å². The predicted molar refractivity (Wildman–Crippen MR) is 144 cm³/mol. The third kappa shape index (κ3) is 5.52. The summed E-state index contributed by atoms with van der Waals surface area (Å²) in [6.07, 6.45) is 6.22. The Bertz CT molecular complexity index is 1010. The van der Waals surface area contributed by atoms with Crippen LogP contribution in [0.4, 0.5) is 0 Å². The molecule has 34 heavy (non-hydrogen) atoms. The first-order valence-corrected chi connectivity index (χ1v) is 12.8. The second-order valence-electron chi connectivity index (χ2n) is 9.74. The lowest BCUT2D eigenvalue weighted by atomic mass is 9.74. The van der Waals surface area contributed by atoms with Crippen molar-refractivity contribution < 1.29 is 4.74 Å². The number of nitrogens with zero attached hydrogens (tertiary/aromatic N) is 1. The van der Waals surface area contributed by atoms with Crippen LogP contribution in [-0.2, 0) is 4.74 Å². The Kier molecular flexibility index (Phi) is 8.71. The van der Waals surface area contributed by atoms with Crippen LogP contribution < -0.4 is 0 Å². The molecule has 0 radical (unpaired) electrons. The molecule has 3 aromatic carbocycles. The summed E-state index contributed by atoms with van der Waals surface area (Å²) in [5.74, 6) is 1.37. The minimum absolute atomic E-state index is 0. The van der Waals surface area contributed by atoms with Crippen molar-refractivity contribution >= 4 is 24.0 Å². The Morgan fingerprint density at radius 2 is 1.53 bits per heavy atom. The van der Waals surface area contributed by atoms with Crippen molar-refractivity contribution in [3.05, 3.63) is 107 Å². The van der Waals surface area contributed by atoms with E-state index in [2.05, 4.69) is 84.7 Å². The second kappa shape index (κ2) is 11.7. The molecule has 2 aliphatic heterocycles. The minimum Gasteiger partial charge on any atom is -0.369 e. The van der Waals surface area contributed by atoms with E-state index in [9.17, 15) is 0 Å². The molecule has 4 heteroatoms. The SMILES string of the molecule is CN1C2CCC1C(CCCOC(c1ccccc1)c1ccc(Cl)cc1)C(c1ccccc1)C2.Cl. The van der Waals surface area contributed by atoms with Gasteiger partial charge in [-0.2, -0.15) is 0 Å². The largest absolute Gasteiger partial charge is 0.369 e. The molecule has 2 fully saturated rings. The van der Waals surface area contributed by atoms with Crippen LogP contribution in [0.3, 0.4) is 0 Å². The number of piperidine rings is 1. The van der Waals surface area contributed by atoms with E-state index < -0.39 is 0 Å². The maximum Gasteiger partial charge on any atom is 0.108 e. The number of hydrogen-bond acceptors (Lipinski definition) is 2. The van der Waals surface area contributed by atoms with Crippen LogP contribution in [0.1, 0.15) is 60.8 Å². The topological polar surface area (TPSA) is 12.5 Å². The number of hydrogen-bond donors (Lipinski definition) is 0. The Labute approximate surface area is 215 Å². The lowest BCUT2D eigenvalue weighted by Crippen LogP contribution is -2.45. The smallest absolute Gasteiger partial charge is 0.108 e. The molecule has 2 bridgehead atoms. The Balaban J connectivity index is 0.00000274. The first-order chi connectivity index (χ1) is 16.2. The highest BCUT2D eigenvalue weighted by Crippen LogP contribution is 2.47. The quantitative estimate of drug-likeness (QED) is 0.294. The summed E-state index contributed by atoms with van der Waals surface area (Å²) in [5.41, 5.74) is 3.87. The molecule has 5 rings (SSSR count). The van der Waals surface area contributed by atoms with Gasteiger partial charge in [0.2, 0.25) is 0 Å². The van der Waals surface area contributed by atoms with Crippen LogP contribution in [-0.4, -0.2) is 30.6 Å². The van der Waals surface area contributed by atoms with E-state index in [1.807, 2.05) is 12.1 Å². The van der Waals surface area contributed by atoms with Gasteiger partial charge in [-0.05, 0) is 79.8 Å². The molecule has 2 heterocycles. The maximum atomic E-state index is 6.54. The van der Waals surface area contributed by atoms with Crippen LogP contribution in [0, 0.1) is 5.92 Å². The fourth-order valence-corrected chi connectivity index (χ4v) is 6.35. The number of halogens is 2. The zero-order valence-corrected chi connectivity index (χ0v) is 21.4. The van der Waals surface area contributed by atoms with Gasteiger partial charge in [0.05, 0.1) is 0 Å². The molecule has 5 atom stereocenters. The van der Waals surface area contributed by atoms with Crippen molar-refractivity contribution in [1.82, 2.24) is 4.90 Å². The summed E-state index contributed by atoms with van der Waals surface area (Å²) in [7, 11) is 2.35. The molecular weight excluding hydrogens is 461 g/mol. The molecule has 5 unspecified atom stereocenters. The first kappa shape index (κ1) is 25.3. The molecule has 0 aromatic heterocycles. The normalized spacial score (nSPS) is 25.0. The van der Waals surface area contributed by atoms with Gasteiger partial charge in [-0.25, -0.2) is 0 Å². The lowest BCUT2D eigenvalue weighted by Gasteiger charge is -2.43. The fraction of sp³-hybridized carbons (Fsp3) is 0.400. The van der Waals surface area contributed by atoms with Crippen LogP contribution in [0.2, 0.25) is 5.02 Å². The lowest BCUT2D eigenvalue weighted by molar-refractivity contribution is 0.0576. The zero-order chi connectivity index (χ0) is 22.6. The van der Waals surface area contributed by atoms with Gasteiger partial charge in [-0.3, -0.25) is 0 Å². The zero-order valence-electron chi connectivity index (χ0n) is 19.9. The summed E-state index contributed by atoms with van der Waals surface area (Å²) < 4.78 is 6.54. The average Bonchev–Trinajstić information content (AvgIpc) is 3.10. The van der Waals surface area contributed by atoms with E-state index in [1.54, 1.807) is 0 Å². The monoisotopic (exact) mass is 495 g/mol. The molecular formula is C30H35Cl2NO. The molecule has 2 aliphatic rings. The van der Waals surface area contributed by atoms with Crippen molar-refractivity contribution in [1.29, 1.82) is 0 Å². The van der Waals surface area contributed by atoms with Gasteiger partial charge >= 0.3 is 0 Å². The van der Waals surface area contributed by atoms with E-state index in [-0.39, 0.29) is 18.5 Å². The number of rotatable bonds is 8. The Morgan fingerprint density at radius 1 is 0.882 bits per heavy atom. The summed E-state index contributed by atoms with van der Waals surface area (Å²) in [4.78, 5) is 2.67. The highest BCUT2D eigenvalue weighted by molar-refractivity contribution is 6.30. The molecule has 180 valence electrons. The molecule has 2 saturated heterocycles. The predicted octanol–water partition coefficient (Wildman–Crippen LogP) is 7.91. The first-order valence-electron chi connectivity index (χ1n) is 12.4. The van der Waals surface area contributed by atoms with E-state index in [0.717, 1.165) is 29.7 Å². The molecule has 2 nitrogen and oxygen atoms in total. The van der Waals surface area contributed by atoms with E-state index in [4.69, 9.17) is 16.3 Å². The molecule has 0 amide bonds. The maximum absolute atomic E-state index is 6.54. The van der Waals surface area contributed by atoms with Gasteiger partial charge in [0, 0.05) is 23.7 Å². The van der Waals surface area contributed by atoms with Gasteiger partial charge in [0.25, 0.3) is 0 Å². The van der Waals surface area contributed by atoms with Gasteiger partial charge in [-0.1, -0.05) is 84.4 Å². The van der Waals surface area contributed by atoms with Gasteiger partial charge < -0.3 is 9.64 Å². The van der Waals surface area contributed by atoms with Crippen molar-refractivity contribution in [3.63, 3.8) is 0 Å². The summed E-state index contributed by atoms with van der Waals surface area (Å²) >= 11 is 6.14. The Morgan fingerprint density at radius 3 is 2.24 bits per heavy atom. The van der Waals surface area contributed by atoms with Crippen molar-refractivity contribution in [2.24, 2.45) is 5.92 Å². The van der Waals surface area contributed by atoms with Crippen LogP contribution in [0.25, 0.3) is 0 Å². The van der Waals surface area contributed by atoms with E-state index >= 15 is 0 Å². The standard InChI is InChI=1S/C30H34ClNO.ClH/c1-32-26-18-19-29(32)27(28(21-26)22-9-4-2-5-10-22)13-8-20-33-30(23-11-6-3-7-12-23)24-14-16-25(31)17-15-24;/h2-7,9-12,14-17,26-30H,8,13,18-21H2,1H3;1H. The molecule has 0 saturated carbocycles. The third-order valence-electron chi connectivity index (χ3n) is 7.90. The molecule has 0 aliphatic carbocycles. The van der Waals surface area contributed by atoms with Gasteiger partial charge in [0.15, 0.2) is 0 Å². The van der Waals surface area contributed by atoms with Gasteiger partial charge in [0.1, 0.15) is 6.10 Å². The van der Waals surface area contributed by atoms with Gasteiger partial charge in [-0.15, -0.1) is 12.4 Å². The van der Waals surface area contributed by atoms with Crippen LogP contribution >= 0.6 is 24.0 Å². The fourth-order valence-electron chi connectivity index (χ4n) is 6.23. The van der Waals surface area contributed by atoms with Crippen molar-refractivity contribution in [2.45, 2.75) is 56.2 Å². The number of benzene rings is 3. The average molecular weight is 497 g/mol. The highest BCUT2D eigenvalue weighted by Gasteiger charge is 2.45. The minimum atomic E-state index is -0.0572. The highest BCUT2D eigenvalue weighted by atomic mass is 35.5. The molecule has 3 aromatic rings. The summed E-state index contributed by atoms with van der Waals surface area (Å²) in [5, 5.41) is 0.758. The third-order valence-corrected chi connectivity index (χ3v) is 8.15. The van der Waals surface area contributed by atoms with E-state index in [1.165, 1.54) is 36.8 Å². The number of ether oxygens (including phenoxy) is 1. The van der Waals surface area contributed by atoms with Crippen molar-refractivity contribution in [2.75, 3.05) is 13.7 Å².